The van der Waals surface area contributed by atoms with Crippen molar-refractivity contribution >= 4 is 5.97 Å². The molecule has 2 aliphatic rings. The summed E-state index contributed by atoms with van der Waals surface area (Å²) in [5.41, 5.74) is 0. The predicted molar refractivity (Wildman–Crippen MR) is 72.6 cm³/mol. The maximum absolute atomic E-state index is 11.5. The highest BCUT2D eigenvalue weighted by Gasteiger charge is 2.36. The highest BCUT2D eigenvalue weighted by molar-refractivity contribution is 5.70. The summed E-state index contributed by atoms with van der Waals surface area (Å²) in [4.78, 5) is 13.9. The van der Waals surface area contributed by atoms with Crippen molar-refractivity contribution in [3.8, 4) is 0 Å². The first-order valence-electron chi connectivity index (χ1n) is 7.69. The summed E-state index contributed by atoms with van der Waals surface area (Å²) in [5, 5.41) is 9.44. The number of hydrogen-bond donors (Lipinski definition) is 1. The van der Waals surface area contributed by atoms with Crippen molar-refractivity contribution in [2.75, 3.05) is 13.1 Å². The first-order valence-corrected chi connectivity index (χ1v) is 7.69. The van der Waals surface area contributed by atoms with Crippen molar-refractivity contribution < 1.29 is 9.90 Å². The first kappa shape index (κ1) is 13.9. The van der Waals surface area contributed by atoms with Crippen LogP contribution < -0.4 is 0 Å². The van der Waals surface area contributed by atoms with Crippen LogP contribution in [0.1, 0.15) is 58.3 Å². The second kappa shape index (κ2) is 6.55. The Labute approximate surface area is 111 Å². The van der Waals surface area contributed by atoms with Gasteiger partial charge in [-0.15, -0.1) is 0 Å². The van der Waals surface area contributed by atoms with E-state index >= 15 is 0 Å². The van der Waals surface area contributed by atoms with Gasteiger partial charge in [0.25, 0.3) is 0 Å². The van der Waals surface area contributed by atoms with E-state index in [9.17, 15) is 9.90 Å². The van der Waals surface area contributed by atoms with Crippen LogP contribution >= 0.6 is 0 Å². The second-order valence-electron chi connectivity index (χ2n) is 6.09. The van der Waals surface area contributed by atoms with Gasteiger partial charge in [-0.25, -0.2) is 0 Å². The van der Waals surface area contributed by atoms with Crippen molar-refractivity contribution in [1.82, 2.24) is 4.90 Å². The zero-order valence-electron chi connectivity index (χ0n) is 11.6. The summed E-state index contributed by atoms with van der Waals surface area (Å²) in [6.45, 7) is 4.51. The molecule has 18 heavy (non-hydrogen) atoms. The molecule has 3 unspecified atom stereocenters. The van der Waals surface area contributed by atoms with Crippen LogP contribution in [0.4, 0.5) is 0 Å². The van der Waals surface area contributed by atoms with Gasteiger partial charge >= 0.3 is 5.97 Å². The van der Waals surface area contributed by atoms with E-state index in [1.165, 1.54) is 32.1 Å². The van der Waals surface area contributed by atoms with Gasteiger partial charge in [0.2, 0.25) is 0 Å². The predicted octanol–water partition coefficient (Wildman–Crippen LogP) is 3.14. The molecule has 0 amide bonds. The third-order valence-corrected chi connectivity index (χ3v) is 4.78. The number of likely N-dealkylation sites (tertiary alicyclic amines) is 1. The van der Waals surface area contributed by atoms with E-state index in [1.807, 2.05) is 0 Å². The fraction of sp³-hybridized carbons (Fsp3) is 0.933. The highest BCUT2D eigenvalue weighted by atomic mass is 16.4. The molecule has 1 saturated carbocycles. The third-order valence-electron chi connectivity index (χ3n) is 4.78. The Hall–Kier alpha value is -0.570. The van der Waals surface area contributed by atoms with Gasteiger partial charge in [-0.2, -0.15) is 0 Å². The Morgan fingerprint density at radius 2 is 2.00 bits per heavy atom. The second-order valence-corrected chi connectivity index (χ2v) is 6.09. The molecule has 1 aliphatic heterocycles. The van der Waals surface area contributed by atoms with Gasteiger partial charge < -0.3 is 5.11 Å². The quantitative estimate of drug-likeness (QED) is 0.782. The maximum atomic E-state index is 11.5. The smallest absolute Gasteiger partial charge is 0.308 e. The molecule has 0 aromatic heterocycles. The molecule has 3 nitrogen and oxygen atoms in total. The molecule has 1 N–H and O–H groups in total. The van der Waals surface area contributed by atoms with Gasteiger partial charge in [-0.3, -0.25) is 9.69 Å². The number of aliphatic carboxylic acids is 1. The van der Waals surface area contributed by atoms with E-state index in [4.69, 9.17) is 0 Å². The summed E-state index contributed by atoms with van der Waals surface area (Å²) in [6, 6.07) is 0.312. The molecule has 3 heteroatoms. The van der Waals surface area contributed by atoms with Crippen LogP contribution in [-0.2, 0) is 4.79 Å². The van der Waals surface area contributed by atoms with Crippen LogP contribution in [0.25, 0.3) is 0 Å². The Morgan fingerprint density at radius 1 is 1.22 bits per heavy atom. The summed E-state index contributed by atoms with van der Waals surface area (Å²) >= 11 is 0. The van der Waals surface area contributed by atoms with E-state index in [0.717, 1.165) is 38.3 Å². The summed E-state index contributed by atoms with van der Waals surface area (Å²) in [5.74, 6) is 0.126. The molecule has 104 valence electrons. The van der Waals surface area contributed by atoms with Gasteiger partial charge in [-0.1, -0.05) is 32.6 Å². The lowest BCUT2D eigenvalue weighted by Crippen LogP contribution is -2.42. The van der Waals surface area contributed by atoms with Crippen molar-refractivity contribution in [3.05, 3.63) is 0 Å². The molecule has 3 atom stereocenters. The van der Waals surface area contributed by atoms with Crippen LogP contribution in [0.15, 0.2) is 0 Å². The van der Waals surface area contributed by atoms with Crippen molar-refractivity contribution in [3.63, 3.8) is 0 Å². The zero-order valence-corrected chi connectivity index (χ0v) is 11.6. The molecule has 1 saturated heterocycles. The Kier molecular flexibility index (Phi) is 5.04. The number of nitrogens with zero attached hydrogens (tertiary/aromatic N) is 1. The summed E-state index contributed by atoms with van der Waals surface area (Å²) < 4.78 is 0. The number of hydrogen-bond acceptors (Lipinski definition) is 2. The molecule has 2 fully saturated rings. The fourth-order valence-electron chi connectivity index (χ4n) is 3.82. The average molecular weight is 253 g/mol. The van der Waals surface area contributed by atoms with Crippen molar-refractivity contribution in [1.29, 1.82) is 0 Å². The topological polar surface area (TPSA) is 40.5 Å². The van der Waals surface area contributed by atoms with Crippen molar-refractivity contribution in [2.45, 2.75) is 64.3 Å². The van der Waals surface area contributed by atoms with Gasteiger partial charge in [0.15, 0.2) is 0 Å². The van der Waals surface area contributed by atoms with Gasteiger partial charge in [0.05, 0.1) is 5.92 Å². The minimum Gasteiger partial charge on any atom is -0.481 e. The van der Waals surface area contributed by atoms with Gasteiger partial charge in [0, 0.05) is 12.6 Å². The average Bonchev–Trinajstić information content (AvgIpc) is 2.65. The largest absolute Gasteiger partial charge is 0.481 e. The van der Waals surface area contributed by atoms with Crippen LogP contribution in [-0.4, -0.2) is 35.1 Å². The van der Waals surface area contributed by atoms with E-state index in [-0.39, 0.29) is 5.92 Å². The number of carboxylic acids is 1. The van der Waals surface area contributed by atoms with E-state index in [1.54, 1.807) is 0 Å². The standard InChI is InChI=1S/C15H27NO2/c1-2-6-12-9-10-16(11-12)14-8-5-3-4-7-13(14)15(17)18/h12-14H,2-11H2,1H3,(H,17,18). The SMILES string of the molecule is CCCC1CCN(C2CCCCCC2C(=O)O)C1. The van der Waals surface area contributed by atoms with Crippen LogP contribution in [0.2, 0.25) is 0 Å². The molecule has 0 aromatic carbocycles. The number of carboxylic acid groups (broad SMARTS) is 1. The van der Waals surface area contributed by atoms with Gasteiger partial charge in [-0.05, 0) is 38.1 Å². The third kappa shape index (κ3) is 3.25. The monoisotopic (exact) mass is 253 g/mol. The van der Waals surface area contributed by atoms with Crippen LogP contribution in [0, 0.1) is 11.8 Å². The van der Waals surface area contributed by atoms with E-state index in [0.29, 0.717) is 6.04 Å². The first-order chi connectivity index (χ1) is 8.72. The van der Waals surface area contributed by atoms with Crippen LogP contribution in [0.5, 0.6) is 0 Å². The number of carbonyl (C=O) groups is 1. The lowest BCUT2D eigenvalue weighted by molar-refractivity contribution is -0.144. The molecule has 1 aliphatic carbocycles. The van der Waals surface area contributed by atoms with E-state index in [2.05, 4.69) is 11.8 Å². The molecule has 2 rings (SSSR count). The molecule has 0 bridgehead atoms. The zero-order chi connectivity index (χ0) is 13.0. The Balaban J connectivity index is 1.98. The minimum atomic E-state index is -0.569. The normalized spacial score (nSPS) is 34.4. The fourth-order valence-corrected chi connectivity index (χ4v) is 3.82. The van der Waals surface area contributed by atoms with Crippen LogP contribution in [0.3, 0.4) is 0 Å². The summed E-state index contributed by atoms with van der Waals surface area (Å²) in [6.07, 6.45) is 9.34. The molecular formula is C15H27NO2. The van der Waals surface area contributed by atoms with E-state index < -0.39 is 5.97 Å². The maximum Gasteiger partial charge on any atom is 0.308 e. The lowest BCUT2D eigenvalue weighted by Gasteiger charge is -2.31. The molecule has 0 spiro atoms. The minimum absolute atomic E-state index is 0.118. The Bertz CT molecular complexity index is 280. The van der Waals surface area contributed by atoms with Crippen molar-refractivity contribution in [2.24, 2.45) is 11.8 Å². The van der Waals surface area contributed by atoms with Gasteiger partial charge in [0.1, 0.15) is 0 Å². The summed E-state index contributed by atoms with van der Waals surface area (Å²) in [7, 11) is 0. The molecule has 1 heterocycles. The Morgan fingerprint density at radius 3 is 2.72 bits per heavy atom. The molecular weight excluding hydrogens is 226 g/mol. The molecule has 0 radical (unpaired) electrons. The highest BCUT2D eigenvalue weighted by Crippen LogP contribution is 2.32. The number of rotatable bonds is 4. The lowest BCUT2D eigenvalue weighted by atomic mass is 9.93. The molecule has 0 aromatic rings.